The molecule has 3 amide bonds. The van der Waals surface area contributed by atoms with E-state index in [0.717, 1.165) is 25.7 Å². The molecule has 1 aliphatic rings. The fourth-order valence-corrected chi connectivity index (χ4v) is 2.19. The van der Waals surface area contributed by atoms with E-state index in [0.29, 0.717) is 0 Å². The van der Waals surface area contributed by atoms with Gasteiger partial charge in [0.25, 0.3) is 0 Å². The maximum Gasteiger partial charge on any atom is 0.321 e. The molecule has 0 spiro atoms. The third-order valence-corrected chi connectivity index (χ3v) is 3.60. The summed E-state index contributed by atoms with van der Waals surface area (Å²) in [6.45, 7) is 1.35. The number of carbonyl (C=O) groups excluding carboxylic acids is 2. The van der Waals surface area contributed by atoms with Gasteiger partial charge in [0, 0.05) is 6.04 Å². The van der Waals surface area contributed by atoms with Crippen LogP contribution in [-0.2, 0) is 9.59 Å². The van der Waals surface area contributed by atoms with Crippen molar-refractivity contribution < 1.29 is 19.5 Å². The number of hydrogen-bond donors (Lipinski definition) is 3. The van der Waals surface area contributed by atoms with Crippen molar-refractivity contribution in [1.82, 2.24) is 15.5 Å². The number of halogens is 1. The van der Waals surface area contributed by atoms with Gasteiger partial charge in [-0.1, -0.05) is 19.3 Å². The molecule has 0 saturated heterocycles. The lowest BCUT2D eigenvalue weighted by Crippen LogP contribution is -2.49. The van der Waals surface area contributed by atoms with Crippen LogP contribution in [-0.4, -0.2) is 53.6 Å². The highest BCUT2D eigenvalue weighted by Gasteiger charge is 2.21. The lowest BCUT2D eigenvalue weighted by Gasteiger charge is -2.23. The molecule has 1 saturated carbocycles. The van der Waals surface area contributed by atoms with Gasteiger partial charge in [-0.15, -0.1) is 12.4 Å². The summed E-state index contributed by atoms with van der Waals surface area (Å²) in [7, 11) is 1.53. The first kappa shape index (κ1) is 19.7. The van der Waals surface area contributed by atoms with Crippen LogP contribution >= 0.6 is 12.4 Å². The van der Waals surface area contributed by atoms with Crippen molar-refractivity contribution in [2.24, 2.45) is 0 Å². The Balaban J connectivity index is 0.00000400. The van der Waals surface area contributed by atoms with Gasteiger partial charge < -0.3 is 10.4 Å². The Labute approximate surface area is 130 Å². The van der Waals surface area contributed by atoms with Crippen LogP contribution in [0.25, 0.3) is 0 Å². The molecule has 3 N–H and O–H groups in total. The second kappa shape index (κ2) is 9.57. The molecule has 0 aromatic rings. The molecule has 1 rings (SSSR count). The average Bonchev–Trinajstić information content (AvgIpc) is 2.38. The van der Waals surface area contributed by atoms with E-state index in [1.807, 2.05) is 0 Å². The number of imide groups is 1. The monoisotopic (exact) mass is 321 g/mol. The molecule has 21 heavy (non-hydrogen) atoms. The van der Waals surface area contributed by atoms with E-state index in [2.05, 4.69) is 10.6 Å². The number of carboxylic acids is 1. The number of nitrogens with one attached hydrogen (secondary N) is 2. The molecule has 0 radical (unpaired) electrons. The van der Waals surface area contributed by atoms with Gasteiger partial charge in [-0.25, -0.2) is 4.79 Å². The largest absolute Gasteiger partial charge is 0.480 e. The molecule has 0 aliphatic heterocycles. The number of rotatable bonds is 5. The van der Waals surface area contributed by atoms with Crippen LogP contribution in [0.4, 0.5) is 4.79 Å². The summed E-state index contributed by atoms with van der Waals surface area (Å²) in [6.07, 6.45) is 5.27. The van der Waals surface area contributed by atoms with Gasteiger partial charge in [0.15, 0.2) is 0 Å². The molecule has 122 valence electrons. The molecule has 1 aliphatic carbocycles. The number of carbonyl (C=O) groups is 3. The highest BCUT2D eigenvalue weighted by atomic mass is 35.5. The van der Waals surface area contributed by atoms with Crippen LogP contribution < -0.4 is 10.6 Å². The summed E-state index contributed by atoms with van der Waals surface area (Å²) in [6, 6.07) is -1.15. The van der Waals surface area contributed by atoms with Crippen molar-refractivity contribution in [3.05, 3.63) is 0 Å². The van der Waals surface area contributed by atoms with E-state index in [-0.39, 0.29) is 25.0 Å². The molecule has 1 atom stereocenters. The topological polar surface area (TPSA) is 98.7 Å². The number of urea groups is 1. The Kier molecular flexibility index (Phi) is 8.96. The van der Waals surface area contributed by atoms with Crippen molar-refractivity contribution in [3.63, 3.8) is 0 Å². The van der Waals surface area contributed by atoms with E-state index < -0.39 is 23.9 Å². The average molecular weight is 322 g/mol. The van der Waals surface area contributed by atoms with Crippen molar-refractivity contribution in [2.75, 3.05) is 13.6 Å². The first-order valence-corrected chi connectivity index (χ1v) is 6.93. The maximum absolute atomic E-state index is 11.6. The summed E-state index contributed by atoms with van der Waals surface area (Å²) in [5.74, 6) is -1.51. The zero-order valence-electron chi connectivity index (χ0n) is 12.4. The van der Waals surface area contributed by atoms with E-state index in [1.54, 1.807) is 0 Å². The number of carboxylic acid groups (broad SMARTS) is 1. The van der Waals surface area contributed by atoms with E-state index in [1.165, 1.54) is 25.3 Å². The Morgan fingerprint density at radius 3 is 2.33 bits per heavy atom. The lowest BCUT2D eigenvalue weighted by molar-refractivity contribution is -0.142. The molecule has 0 heterocycles. The minimum absolute atomic E-state index is 0. The van der Waals surface area contributed by atoms with Crippen LogP contribution in [0.2, 0.25) is 0 Å². The Bertz CT molecular complexity index is 372. The number of likely N-dealkylation sites (N-methyl/N-ethyl adjacent to an activating group) is 1. The molecule has 1 fully saturated rings. The first-order valence-electron chi connectivity index (χ1n) is 6.93. The quantitative estimate of drug-likeness (QED) is 0.701. The van der Waals surface area contributed by atoms with Gasteiger partial charge in [-0.2, -0.15) is 0 Å². The molecule has 7 nitrogen and oxygen atoms in total. The minimum atomic E-state index is -1.01. The first-order chi connectivity index (χ1) is 9.40. The maximum atomic E-state index is 11.6. The number of hydrogen-bond acceptors (Lipinski definition) is 4. The van der Waals surface area contributed by atoms with Gasteiger partial charge in [-0.3, -0.25) is 19.8 Å². The summed E-state index contributed by atoms with van der Waals surface area (Å²) in [5, 5.41) is 13.8. The second-order valence-electron chi connectivity index (χ2n) is 5.29. The van der Waals surface area contributed by atoms with Gasteiger partial charge >= 0.3 is 12.0 Å². The zero-order chi connectivity index (χ0) is 15.1. The van der Waals surface area contributed by atoms with Crippen LogP contribution in [0, 0.1) is 0 Å². The van der Waals surface area contributed by atoms with Crippen molar-refractivity contribution in [2.45, 2.75) is 51.1 Å². The molecule has 8 heteroatoms. The highest BCUT2D eigenvalue weighted by Crippen LogP contribution is 2.17. The third kappa shape index (κ3) is 7.29. The van der Waals surface area contributed by atoms with Gasteiger partial charge in [0.1, 0.15) is 6.04 Å². The standard InChI is InChI=1S/C13H23N3O4.ClH/c1-9(12(18)19)16(2)8-11(17)15-13(20)14-10-6-4-3-5-7-10;/h9-10H,3-8H2,1-2H3,(H,18,19)(H2,14,15,17,20);1H. The number of amides is 3. The van der Waals surface area contributed by atoms with Gasteiger partial charge in [0.2, 0.25) is 5.91 Å². The Morgan fingerprint density at radius 2 is 1.81 bits per heavy atom. The number of nitrogens with zero attached hydrogens (tertiary/aromatic N) is 1. The lowest BCUT2D eigenvalue weighted by atomic mass is 9.96. The van der Waals surface area contributed by atoms with Gasteiger partial charge in [0.05, 0.1) is 6.54 Å². The summed E-state index contributed by atoms with van der Waals surface area (Å²) >= 11 is 0. The zero-order valence-corrected chi connectivity index (χ0v) is 13.2. The van der Waals surface area contributed by atoms with Gasteiger partial charge in [-0.05, 0) is 26.8 Å². The summed E-state index contributed by atoms with van der Waals surface area (Å²) < 4.78 is 0. The third-order valence-electron chi connectivity index (χ3n) is 3.60. The molecule has 0 aromatic carbocycles. The van der Waals surface area contributed by atoms with E-state index in [4.69, 9.17) is 5.11 Å². The molecule has 1 unspecified atom stereocenters. The predicted molar refractivity (Wildman–Crippen MR) is 80.5 cm³/mol. The van der Waals surface area contributed by atoms with Crippen molar-refractivity contribution in [3.8, 4) is 0 Å². The van der Waals surface area contributed by atoms with Crippen LogP contribution in [0.3, 0.4) is 0 Å². The smallest absolute Gasteiger partial charge is 0.321 e. The molecule has 0 bridgehead atoms. The highest BCUT2D eigenvalue weighted by molar-refractivity contribution is 5.95. The van der Waals surface area contributed by atoms with Crippen molar-refractivity contribution >= 4 is 30.3 Å². The molecule has 0 aromatic heterocycles. The molecular weight excluding hydrogens is 298 g/mol. The SMILES string of the molecule is CC(C(=O)O)N(C)CC(=O)NC(=O)NC1CCCCC1.Cl. The van der Waals surface area contributed by atoms with E-state index in [9.17, 15) is 14.4 Å². The fraction of sp³-hybridized carbons (Fsp3) is 0.769. The summed E-state index contributed by atoms with van der Waals surface area (Å²) in [5.41, 5.74) is 0. The second-order valence-corrected chi connectivity index (χ2v) is 5.29. The normalized spacial score (nSPS) is 16.7. The molecular formula is C13H24ClN3O4. The van der Waals surface area contributed by atoms with Crippen LogP contribution in [0.1, 0.15) is 39.0 Å². The van der Waals surface area contributed by atoms with Crippen LogP contribution in [0.5, 0.6) is 0 Å². The summed E-state index contributed by atoms with van der Waals surface area (Å²) in [4.78, 5) is 35.4. The van der Waals surface area contributed by atoms with Crippen LogP contribution in [0.15, 0.2) is 0 Å². The predicted octanol–water partition coefficient (Wildman–Crippen LogP) is 0.972. The number of aliphatic carboxylic acids is 1. The Hall–Kier alpha value is -1.34. The van der Waals surface area contributed by atoms with Crippen molar-refractivity contribution in [1.29, 1.82) is 0 Å². The Morgan fingerprint density at radius 1 is 1.24 bits per heavy atom. The minimum Gasteiger partial charge on any atom is -0.480 e. The fourth-order valence-electron chi connectivity index (χ4n) is 2.19. The van der Waals surface area contributed by atoms with E-state index >= 15 is 0 Å².